The van der Waals surface area contributed by atoms with E-state index in [1.54, 1.807) is 0 Å². The molecule has 0 aromatic rings. The molecule has 1 saturated heterocycles. The van der Waals surface area contributed by atoms with Crippen molar-refractivity contribution in [1.82, 2.24) is 5.32 Å². The van der Waals surface area contributed by atoms with Crippen LogP contribution in [0.1, 0.15) is 80.1 Å². The minimum Gasteiger partial charge on any atom is -0.316 e. The van der Waals surface area contributed by atoms with Crippen LogP contribution in [0.15, 0.2) is 0 Å². The van der Waals surface area contributed by atoms with Crippen LogP contribution >= 0.6 is 0 Å². The molecule has 0 aromatic carbocycles. The normalized spacial score (nSPS) is 19.9. The second-order valence-corrected chi connectivity index (χ2v) is 4.37. The van der Waals surface area contributed by atoms with Crippen molar-refractivity contribution in [3.05, 3.63) is 0 Å². The van der Waals surface area contributed by atoms with E-state index >= 15 is 0 Å². The average molecular weight is 229 g/mol. The van der Waals surface area contributed by atoms with E-state index in [0.29, 0.717) is 0 Å². The third-order valence-corrected chi connectivity index (χ3v) is 2.91. The van der Waals surface area contributed by atoms with Gasteiger partial charge in [0, 0.05) is 13.1 Å². The zero-order chi connectivity index (χ0) is 12.9. The van der Waals surface area contributed by atoms with Gasteiger partial charge in [0.05, 0.1) is 0 Å². The molecule has 0 unspecified atom stereocenters. The smallest absolute Gasteiger partial charge is 0.00202 e. The molecule has 1 nitrogen and oxygen atoms in total. The van der Waals surface area contributed by atoms with Gasteiger partial charge in [-0.3, -0.25) is 0 Å². The van der Waals surface area contributed by atoms with Crippen LogP contribution in [0.3, 0.4) is 0 Å². The predicted octanol–water partition coefficient (Wildman–Crippen LogP) is 5.01. The lowest BCUT2D eigenvalue weighted by Gasteiger charge is -2.45. The Balaban J connectivity index is 0. The molecule has 1 saturated carbocycles. The first-order chi connectivity index (χ1) is 7.83. The summed E-state index contributed by atoms with van der Waals surface area (Å²) in [6, 6.07) is 0. The Morgan fingerprint density at radius 3 is 1.38 bits per heavy atom. The van der Waals surface area contributed by atoms with Gasteiger partial charge in [-0.1, -0.05) is 67.2 Å². The lowest BCUT2D eigenvalue weighted by Crippen LogP contribution is -2.54. The lowest BCUT2D eigenvalue weighted by atomic mass is 9.70. The van der Waals surface area contributed by atoms with Crippen molar-refractivity contribution in [2.75, 3.05) is 13.1 Å². The highest BCUT2D eigenvalue weighted by Gasteiger charge is 2.37. The fourth-order valence-corrected chi connectivity index (χ4v) is 2.13. The average Bonchev–Trinajstić information content (AvgIpc) is 2.34. The summed E-state index contributed by atoms with van der Waals surface area (Å²) in [4.78, 5) is 0. The van der Waals surface area contributed by atoms with E-state index in [1.165, 1.54) is 51.6 Å². The zero-order valence-electron chi connectivity index (χ0n) is 12.7. The summed E-state index contributed by atoms with van der Waals surface area (Å²) in [5.41, 5.74) is 0.790. The van der Waals surface area contributed by atoms with E-state index in [4.69, 9.17) is 0 Å². The van der Waals surface area contributed by atoms with Gasteiger partial charge in [-0.25, -0.2) is 0 Å². The molecule has 2 fully saturated rings. The number of hydrogen-bond donors (Lipinski definition) is 1. The number of hydrogen-bond acceptors (Lipinski definition) is 1. The molecular weight excluding hydrogens is 194 g/mol. The second kappa shape index (κ2) is 13.0. The maximum absolute atomic E-state index is 3.37. The molecule has 100 valence electrons. The van der Waals surface area contributed by atoms with E-state index in [2.05, 4.69) is 19.2 Å². The van der Waals surface area contributed by atoms with Gasteiger partial charge in [0.2, 0.25) is 0 Å². The first-order valence-corrected chi connectivity index (χ1v) is 7.54. The van der Waals surface area contributed by atoms with Gasteiger partial charge in [0.25, 0.3) is 0 Å². The quantitative estimate of drug-likeness (QED) is 0.616. The molecule has 1 aliphatic heterocycles. The summed E-state index contributed by atoms with van der Waals surface area (Å²) < 4.78 is 0. The molecule has 16 heavy (non-hydrogen) atoms. The number of rotatable bonds is 0. The molecule has 0 bridgehead atoms. The molecule has 0 radical (unpaired) electrons. The molecule has 0 amide bonds. The summed E-state index contributed by atoms with van der Waals surface area (Å²) >= 11 is 0. The third kappa shape index (κ3) is 7.27. The first-order valence-electron chi connectivity index (χ1n) is 7.54. The van der Waals surface area contributed by atoms with Gasteiger partial charge in [-0.15, -0.1) is 0 Å². The van der Waals surface area contributed by atoms with E-state index in [0.717, 1.165) is 5.41 Å². The van der Waals surface area contributed by atoms with Crippen LogP contribution < -0.4 is 5.32 Å². The van der Waals surface area contributed by atoms with E-state index in [9.17, 15) is 0 Å². The van der Waals surface area contributed by atoms with E-state index < -0.39 is 0 Å². The standard InChI is InChI=1S/C8H15N.C3H8.2C2H6/c1-2-4-8(5-3-1)6-9-7-8;1-3-2;2*1-2/h9H,1-7H2;3H2,1-2H3;2*1-2H3. The Morgan fingerprint density at radius 2 is 1.19 bits per heavy atom. The van der Waals surface area contributed by atoms with Crippen molar-refractivity contribution in [2.45, 2.75) is 80.1 Å². The Hall–Kier alpha value is -0.0400. The highest BCUT2D eigenvalue weighted by molar-refractivity contribution is 4.93. The molecule has 0 aromatic heterocycles. The Labute approximate surface area is 104 Å². The van der Waals surface area contributed by atoms with Crippen LogP contribution in [0.5, 0.6) is 0 Å². The summed E-state index contributed by atoms with van der Waals surface area (Å²) in [6.07, 6.45) is 8.71. The van der Waals surface area contributed by atoms with Gasteiger partial charge in [0.1, 0.15) is 0 Å². The van der Waals surface area contributed by atoms with Gasteiger partial charge in [-0.2, -0.15) is 0 Å². The molecule has 2 aliphatic rings. The molecule has 1 heterocycles. The first kappa shape index (κ1) is 18.3. The SMILES string of the molecule is C1CCC2(CC1)CNC2.CC.CC.CCC. The maximum atomic E-state index is 3.37. The molecule has 2 rings (SSSR count). The van der Waals surface area contributed by atoms with Crippen molar-refractivity contribution < 1.29 is 0 Å². The Kier molecular flexibility index (Phi) is 14.9. The Morgan fingerprint density at radius 1 is 0.812 bits per heavy atom. The largest absolute Gasteiger partial charge is 0.316 e. The second-order valence-electron chi connectivity index (χ2n) is 4.37. The third-order valence-electron chi connectivity index (χ3n) is 2.91. The Bertz CT molecular complexity index is 109. The van der Waals surface area contributed by atoms with Crippen LogP contribution in [0.4, 0.5) is 0 Å². The lowest BCUT2D eigenvalue weighted by molar-refractivity contribution is 0.107. The van der Waals surface area contributed by atoms with Crippen LogP contribution in [-0.2, 0) is 0 Å². The van der Waals surface area contributed by atoms with Crippen molar-refractivity contribution in [2.24, 2.45) is 5.41 Å². The fraction of sp³-hybridized carbons (Fsp3) is 1.00. The fourth-order valence-electron chi connectivity index (χ4n) is 2.13. The highest BCUT2D eigenvalue weighted by Crippen LogP contribution is 2.38. The van der Waals surface area contributed by atoms with Crippen LogP contribution in [0.25, 0.3) is 0 Å². The van der Waals surface area contributed by atoms with Gasteiger partial charge in [-0.05, 0) is 18.3 Å². The topological polar surface area (TPSA) is 12.0 Å². The molecule has 0 atom stereocenters. The van der Waals surface area contributed by atoms with Crippen molar-refractivity contribution in [3.8, 4) is 0 Å². The molecule has 1 N–H and O–H groups in total. The summed E-state index contributed by atoms with van der Waals surface area (Å²) in [6.45, 7) is 14.9. The summed E-state index contributed by atoms with van der Waals surface area (Å²) in [7, 11) is 0. The van der Waals surface area contributed by atoms with Gasteiger partial charge >= 0.3 is 0 Å². The van der Waals surface area contributed by atoms with Crippen LogP contribution in [0.2, 0.25) is 0 Å². The minimum absolute atomic E-state index is 0.790. The molecule has 1 aliphatic carbocycles. The summed E-state index contributed by atoms with van der Waals surface area (Å²) in [5.74, 6) is 0. The van der Waals surface area contributed by atoms with Gasteiger partial charge < -0.3 is 5.32 Å². The summed E-state index contributed by atoms with van der Waals surface area (Å²) in [5, 5.41) is 3.37. The maximum Gasteiger partial charge on any atom is 0.00202 e. The number of nitrogens with one attached hydrogen (secondary N) is 1. The van der Waals surface area contributed by atoms with E-state index in [-0.39, 0.29) is 0 Å². The minimum atomic E-state index is 0.790. The predicted molar refractivity (Wildman–Crippen MR) is 77.0 cm³/mol. The van der Waals surface area contributed by atoms with E-state index in [1.807, 2.05) is 27.7 Å². The van der Waals surface area contributed by atoms with Crippen molar-refractivity contribution >= 4 is 0 Å². The molecule has 1 heteroatoms. The van der Waals surface area contributed by atoms with Crippen molar-refractivity contribution in [1.29, 1.82) is 0 Å². The van der Waals surface area contributed by atoms with Crippen molar-refractivity contribution in [3.63, 3.8) is 0 Å². The monoisotopic (exact) mass is 229 g/mol. The van der Waals surface area contributed by atoms with Crippen LogP contribution in [-0.4, -0.2) is 13.1 Å². The highest BCUT2D eigenvalue weighted by atomic mass is 15.0. The van der Waals surface area contributed by atoms with Gasteiger partial charge in [0.15, 0.2) is 0 Å². The van der Waals surface area contributed by atoms with Crippen LogP contribution in [0, 0.1) is 5.41 Å². The molecule has 1 spiro atoms. The zero-order valence-corrected chi connectivity index (χ0v) is 12.7. The molecular formula is C15H35N.